The first-order chi connectivity index (χ1) is 10.1. The molecule has 0 aliphatic heterocycles. The van der Waals surface area contributed by atoms with Crippen LogP contribution in [0.5, 0.6) is 5.75 Å². The zero-order valence-corrected chi connectivity index (χ0v) is 12.8. The maximum Gasteiger partial charge on any atom is 0.278 e. The molecule has 0 saturated carbocycles. The molecule has 10 heteroatoms. The smallest absolute Gasteiger partial charge is 0.278 e. The van der Waals surface area contributed by atoms with Gasteiger partial charge in [-0.05, 0) is 6.07 Å². The number of nitro groups is 1. The van der Waals surface area contributed by atoms with Crippen LogP contribution in [0.1, 0.15) is 11.1 Å². The molecule has 0 spiro atoms. The Labute approximate surface area is 132 Å². The first-order valence-electron chi connectivity index (χ1n) is 6.27. The Balaban J connectivity index is 0.00000441. The summed E-state index contributed by atoms with van der Waals surface area (Å²) in [6.45, 7) is -0.631. The van der Waals surface area contributed by atoms with Gasteiger partial charge in [0.25, 0.3) is 5.69 Å². The van der Waals surface area contributed by atoms with Crippen molar-refractivity contribution < 1.29 is 24.4 Å². The van der Waals surface area contributed by atoms with Gasteiger partial charge in [-0.3, -0.25) is 10.1 Å². The summed E-state index contributed by atoms with van der Waals surface area (Å²) in [6.07, 6.45) is 0.0957. The van der Waals surface area contributed by atoms with E-state index in [4.69, 9.17) is 25.2 Å². The third-order valence-corrected chi connectivity index (χ3v) is 3.38. The Morgan fingerprint density at radius 3 is 2.36 bits per heavy atom. The maximum absolute atomic E-state index is 11.2. The fourth-order valence-corrected chi connectivity index (χ4v) is 2.31. The van der Waals surface area contributed by atoms with Crippen LogP contribution >= 0.6 is 12.0 Å². The number of aliphatic hydroxyl groups is 3. The van der Waals surface area contributed by atoms with Crippen molar-refractivity contribution in [1.29, 1.82) is 0 Å². The van der Waals surface area contributed by atoms with Gasteiger partial charge >= 0.3 is 0 Å². The molecule has 0 aromatic heterocycles. The van der Waals surface area contributed by atoms with Gasteiger partial charge in [-0.25, -0.2) is 0 Å². The molecule has 8 N–H and O–H groups in total. The summed E-state index contributed by atoms with van der Waals surface area (Å²) in [5, 5.41) is 38.1. The molecule has 1 aromatic rings. The SMILES string of the molecule is N.Nc1c(OSCCO)cc(CCO)c([N+](=O)[O-])c1CCO. The summed E-state index contributed by atoms with van der Waals surface area (Å²) in [5.74, 6) is 0.548. The van der Waals surface area contributed by atoms with Gasteiger partial charge in [-0.15, -0.1) is 0 Å². The molecule has 1 aromatic carbocycles. The van der Waals surface area contributed by atoms with E-state index in [1.807, 2.05) is 0 Å². The van der Waals surface area contributed by atoms with Crippen LogP contribution in [-0.4, -0.2) is 45.8 Å². The Morgan fingerprint density at radius 2 is 1.86 bits per heavy atom. The van der Waals surface area contributed by atoms with E-state index in [0.717, 1.165) is 12.0 Å². The Kier molecular flexibility index (Phi) is 9.45. The van der Waals surface area contributed by atoms with Crippen LogP contribution in [0.25, 0.3) is 0 Å². The lowest BCUT2D eigenvalue weighted by atomic mass is 10.00. The molecule has 0 amide bonds. The number of nitro benzene ring substituents is 1. The van der Waals surface area contributed by atoms with Crippen LogP contribution < -0.4 is 16.1 Å². The van der Waals surface area contributed by atoms with Crippen molar-refractivity contribution >= 4 is 23.4 Å². The highest BCUT2D eigenvalue weighted by Crippen LogP contribution is 2.38. The molecule has 0 heterocycles. The van der Waals surface area contributed by atoms with E-state index in [0.29, 0.717) is 11.3 Å². The van der Waals surface area contributed by atoms with Crippen molar-refractivity contribution in [3.63, 3.8) is 0 Å². The van der Waals surface area contributed by atoms with Crippen LogP contribution in [0.4, 0.5) is 11.4 Å². The number of hydrogen-bond acceptors (Lipinski definition) is 9. The minimum absolute atomic E-state index is 0. The second kappa shape index (κ2) is 10.2. The van der Waals surface area contributed by atoms with Crippen LogP contribution in [0, 0.1) is 10.1 Å². The maximum atomic E-state index is 11.2. The molecule has 0 aliphatic carbocycles. The van der Waals surface area contributed by atoms with Gasteiger partial charge in [0.1, 0.15) is 0 Å². The van der Waals surface area contributed by atoms with E-state index in [2.05, 4.69) is 0 Å². The van der Waals surface area contributed by atoms with E-state index in [1.54, 1.807) is 0 Å². The minimum atomic E-state index is -0.572. The fraction of sp³-hybridized carbons (Fsp3) is 0.500. The van der Waals surface area contributed by atoms with Crippen molar-refractivity contribution in [2.75, 3.05) is 31.3 Å². The van der Waals surface area contributed by atoms with Gasteiger partial charge < -0.3 is 31.4 Å². The van der Waals surface area contributed by atoms with Crippen LogP contribution in [0.15, 0.2) is 6.07 Å². The fourth-order valence-electron chi connectivity index (χ4n) is 1.89. The summed E-state index contributed by atoms with van der Waals surface area (Å²) < 4.78 is 5.33. The van der Waals surface area contributed by atoms with E-state index >= 15 is 0 Å². The zero-order valence-electron chi connectivity index (χ0n) is 12.0. The lowest BCUT2D eigenvalue weighted by Gasteiger charge is -2.14. The Hall–Kier alpha value is -1.59. The van der Waals surface area contributed by atoms with Gasteiger partial charge in [0.05, 0.1) is 40.6 Å². The van der Waals surface area contributed by atoms with E-state index in [-0.39, 0.29) is 61.5 Å². The van der Waals surface area contributed by atoms with Crippen LogP contribution in [-0.2, 0) is 12.8 Å². The summed E-state index contributed by atoms with van der Waals surface area (Å²) in [4.78, 5) is 10.7. The van der Waals surface area contributed by atoms with Gasteiger partial charge in [0.15, 0.2) is 5.75 Å². The van der Waals surface area contributed by atoms with Gasteiger partial charge in [-0.2, -0.15) is 0 Å². The zero-order chi connectivity index (χ0) is 15.8. The lowest BCUT2D eigenvalue weighted by Crippen LogP contribution is -2.09. The Morgan fingerprint density at radius 1 is 1.23 bits per heavy atom. The third-order valence-electron chi connectivity index (χ3n) is 2.73. The molecule has 9 nitrogen and oxygen atoms in total. The number of nitrogens with zero attached hydrogens (tertiary/aromatic N) is 1. The first kappa shape index (κ1) is 20.4. The van der Waals surface area contributed by atoms with Gasteiger partial charge in [0, 0.05) is 31.6 Å². The summed E-state index contributed by atoms with van der Waals surface area (Å²) >= 11 is 0.963. The Bertz CT molecular complexity index is 500. The number of anilines is 1. The van der Waals surface area contributed by atoms with Crippen molar-refractivity contribution in [1.82, 2.24) is 6.15 Å². The average Bonchev–Trinajstić information content (AvgIpc) is 2.44. The molecule has 0 atom stereocenters. The van der Waals surface area contributed by atoms with E-state index < -0.39 is 4.92 Å². The average molecular weight is 335 g/mol. The van der Waals surface area contributed by atoms with Crippen LogP contribution in [0.2, 0.25) is 0 Å². The minimum Gasteiger partial charge on any atom is -0.424 e. The molecule has 0 unspecified atom stereocenters. The molecular weight excluding hydrogens is 314 g/mol. The summed E-state index contributed by atoms with van der Waals surface area (Å²) in [6, 6.07) is 1.41. The summed E-state index contributed by atoms with van der Waals surface area (Å²) in [7, 11) is 0. The molecule has 0 aliphatic rings. The second-order valence-electron chi connectivity index (χ2n) is 4.11. The molecule has 0 fully saturated rings. The highest BCUT2D eigenvalue weighted by atomic mass is 32.2. The largest absolute Gasteiger partial charge is 0.424 e. The number of rotatable bonds is 9. The monoisotopic (exact) mass is 335 g/mol. The standard InChI is InChI=1S/C12H18N2O6S.H3N/c13-11-9(2-4-16)12(14(18)19)8(1-3-15)7-10(11)20-21-6-5-17;/h7,15-17H,1-6,13H2;1H3. The summed E-state index contributed by atoms with van der Waals surface area (Å²) in [5.41, 5.74) is 6.24. The third kappa shape index (κ3) is 5.00. The predicted molar refractivity (Wildman–Crippen MR) is 84.3 cm³/mol. The number of hydrogen-bond donors (Lipinski definition) is 5. The molecule has 0 saturated heterocycles. The number of aliphatic hydroxyl groups excluding tert-OH is 3. The molecule has 126 valence electrons. The van der Waals surface area contributed by atoms with Crippen molar-refractivity contribution in [3.8, 4) is 5.75 Å². The molecule has 1 rings (SSSR count). The van der Waals surface area contributed by atoms with Crippen molar-refractivity contribution in [3.05, 3.63) is 27.3 Å². The highest BCUT2D eigenvalue weighted by molar-refractivity contribution is 7.95. The first-order valence-corrected chi connectivity index (χ1v) is 7.18. The van der Waals surface area contributed by atoms with E-state index in [1.165, 1.54) is 6.07 Å². The predicted octanol–water partition coefficient (Wildman–Crippen LogP) is 0.428. The molecule has 0 radical (unpaired) electrons. The topological polar surface area (TPSA) is 174 Å². The molecule has 22 heavy (non-hydrogen) atoms. The van der Waals surface area contributed by atoms with Crippen LogP contribution in [0.3, 0.4) is 0 Å². The van der Waals surface area contributed by atoms with Gasteiger partial charge in [-0.1, -0.05) is 0 Å². The molecule has 0 bridgehead atoms. The van der Waals surface area contributed by atoms with Crippen molar-refractivity contribution in [2.24, 2.45) is 0 Å². The van der Waals surface area contributed by atoms with Gasteiger partial charge in [0.2, 0.25) is 0 Å². The normalized spacial score (nSPS) is 10.1. The molecular formula is C12H21N3O6S. The quantitative estimate of drug-likeness (QED) is 0.141. The highest BCUT2D eigenvalue weighted by Gasteiger charge is 2.25. The van der Waals surface area contributed by atoms with E-state index in [9.17, 15) is 10.1 Å². The lowest BCUT2D eigenvalue weighted by molar-refractivity contribution is -0.386. The second-order valence-corrected chi connectivity index (χ2v) is 4.92. The number of benzene rings is 1. The number of nitrogen functional groups attached to an aromatic ring is 1. The van der Waals surface area contributed by atoms with Crippen molar-refractivity contribution in [2.45, 2.75) is 12.8 Å². The number of nitrogens with two attached hydrogens (primary N) is 1.